The molecule has 2 N–H and O–H groups in total. The number of amides is 1. The molecule has 0 aromatic heterocycles. The molecule has 6 nitrogen and oxygen atoms in total. The van der Waals surface area contributed by atoms with E-state index >= 15 is 0 Å². The van der Waals surface area contributed by atoms with E-state index in [0.29, 0.717) is 22.4 Å². The highest BCUT2D eigenvalue weighted by Crippen LogP contribution is 2.31. The number of carbonyl (C=O) groups is 1. The highest BCUT2D eigenvalue weighted by molar-refractivity contribution is 7.95. The quantitative estimate of drug-likeness (QED) is 0.579. The first-order valence-corrected chi connectivity index (χ1v) is 9.36. The van der Waals surface area contributed by atoms with Gasteiger partial charge in [-0.25, -0.2) is 4.39 Å². The van der Waals surface area contributed by atoms with Crippen LogP contribution in [0.1, 0.15) is 10.4 Å². The van der Waals surface area contributed by atoms with Crippen molar-refractivity contribution in [3.05, 3.63) is 53.8 Å². The van der Waals surface area contributed by atoms with Gasteiger partial charge in [-0.1, -0.05) is 16.3 Å². The van der Waals surface area contributed by atoms with E-state index in [-0.39, 0.29) is 19.0 Å². The Labute approximate surface area is 146 Å². The van der Waals surface area contributed by atoms with Gasteiger partial charge in [-0.3, -0.25) is 4.79 Å². The van der Waals surface area contributed by atoms with Gasteiger partial charge < -0.3 is 14.6 Å². The lowest BCUT2D eigenvalue weighted by Gasteiger charge is -2.12. The molecule has 0 heterocycles. The average Bonchev–Trinajstić information content (AvgIpc) is 2.57. The number of ether oxygens (including phenoxy) is 1. The van der Waals surface area contributed by atoms with Crippen molar-refractivity contribution in [1.29, 1.82) is 0 Å². The fraction of sp³-hybridized carbons (Fsp3) is 0.235. The highest BCUT2D eigenvalue weighted by atomic mass is 32.3. The molecule has 1 amide bonds. The van der Waals surface area contributed by atoms with Crippen LogP contribution in [0.15, 0.2) is 42.5 Å². The predicted octanol–water partition coefficient (Wildman–Crippen LogP) is 2.00. The predicted molar refractivity (Wildman–Crippen MR) is 93.5 cm³/mol. The SMILES string of the molecule is COc1ccc(F)cc1-c1cccc(C(=O)NCCN[S+](C)(=O)[O-])c1. The monoisotopic (exact) mass is 366 g/mol. The van der Waals surface area contributed by atoms with Crippen LogP contribution in [0.5, 0.6) is 5.75 Å². The molecule has 1 atom stereocenters. The Morgan fingerprint density at radius 2 is 2.00 bits per heavy atom. The van der Waals surface area contributed by atoms with Crippen LogP contribution in [0.3, 0.4) is 0 Å². The van der Waals surface area contributed by atoms with E-state index < -0.39 is 16.2 Å². The molecular weight excluding hydrogens is 347 g/mol. The Hall–Kier alpha value is -2.29. The topological polar surface area (TPSA) is 90.5 Å². The summed E-state index contributed by atoms with van der Waals surface area (Å²) in [5.74, 6) is -0.263. The van der Waals surface area contributed by atoms with E-state index in [2.05, 4.69) is 10.0 Å². The molecule has 134 valence electrons. The van der Waals surface area contributed by atoms with Crippen LogP contribution in [0.25, 0.3) is 11.1 Å². The van der Waals surface area contributed by atoms with E-state index in [0.717, 1.165) is 6.26 Å². The molecule has 0 saturated carbocycles. The zero-order valence-corrected chi connectivity index (χ0v) is 14.7. The van der Waals surface area contributed by atoms with Gasteiger partial charge in [0.25, 0.3) is 5.91 Å². The van der Waals surface area contributed by atoms with Gasteiger partial charge in [-0.05, 0) is 35.9 Å². The minimum Gasteiger partial charge on any atom is -0.598 e. The summed E-state index contributed by atoms with van der Waals surface area (Å²) in [5, 5.41) is 2.62. The molecule has 0 aliphatic heterocycles. The number of halogens is 1. The Morgan fingerprint density at radius 3 is 2.68 bits per heavy atom. The molecule has 0 aliphatic rings. The van der Waals surface area contributed by atoms with Crippen LogP contribution in [0.4, 0.5) is 4.39 Å². The Morgan fingerprint density at radius 1 is 1.24 bits per heavy atom. The van der Waals surface area contributed by atoms with Gasteiger partial charge in [0.05, 0.1) is 13.7 Å². The summed E-state index contributed by atoms with van der Waals surface area (Å²) < 4.78 is 43.0. The fourth-order valence-corrected chi connectivity index (χ4v) is 2.72. The minimum atomic E-state index is -3.29. The summed E-state index contributed by atoms with van der Waals surface area (Å²) in [6.45, 7) is 0.251. The second-order valence-electron chi connectivity index (χ2n) is 5.35. The molecule has 0 aliphatic carbocycles. The van der Waals surface area contributed by atoms with Crippen molar-refractivity contribution >= 4 is 16.3 Å². The zero-order chi connectivity index (χ0) is 18.4. The molecule has 25 heavy (non-hydrogen) atoms. The molecule has 2 aromatic carbocycles. The number of benzene rings is 2. The average molecular weight is 366 g/mol. The van der Waals surface area contributed by atoms with E-state index in [1.54, 1.807) is 24.3 Å². The third-order valence-corrected chi connectivity index (χ3v) is 4.10. The zero-order valence-electron chi connectivity index (χ0n) is 13.9. The summed E-state index contributed by atoms with van der Waals surface area (Å²) in [5.41, 5.74) is 1.55. The van der Waals surface area contributed by atoms with Crippen molar-refractivity contribution in [3.63, 3.8) is 0 Å². The Bertz CT molecular complexity index is 807. The number of rotatable bonds is 7. The van der Waals surface area contributed by atoms with Gasteiger partial charge in [0.15, 0.2) is 0 Å². The number of carbonyl (C=O) groups excluding carboxylic acids is 1. The van der Waals surface area contributed by atoms with Crippen molar-refractivity contribution in [3.8, 4) is 16.9 Å². The van der Waals surface area contributed by atoms with Crippen LogP contribution in [-0.2, 0) is 14.6 Å². The number of nitrogens with one attached hydrogen (secondary N) is 2. The number of hydrogen-bond donors (Lipinski definition) is 2. The first kappa shape index (κ1) is 19.0. The van der Waals surface area contributed by atoms with Gasteiger partial charge in [-0.15, -0.1) is 4.72 Å². The van der Waals surface area contributed by atoms with Crippen molar-refractivity contribution in [2.75, 3.05) is 26.5 Å². The lowest BCUT2D eigenvalue weighted by atomic mass is 10.0. The summed E-state index contributed by atoms with van der Waals surface area (Å²) in [4.78, 5) is 12.2. The van der Waals surface area contributed by atoms with Gasteiger partial charge in [-0.2, -0.15) is 0 Å². The maximum Gasteiger partial charge on any atom is 0.251 e. The van der Waals surface area contributed by atoms with Crippen LogP contribution in [0, 0.1) is 5.82 Å². The Kier molecular flexibility index (Phi) is 6.24. The molecular formula is C17H19FN2O4S. The maximum atomic E-state index is 13.5. The summed E-state index contributed by atoms with van der Waals surface area (Å²) in [7, 11) is -1.80. The largest absolute Gasteiger partial charge is 0.598 e. The van der Waals surface area contributed by atoms with Gasteiger partial charge >= 0.3 is 0 Å². The molecule has 0 fully saturated rings. The lowest BCUT2D eigenvalue weighted by Crippen LogP contribution is -2.36. The number of methoxy groups -OCH3 is 1. The molecule has 0 radical (unpaired) electrons. The van der Waals surface area contributed by atoms with E-state index in [1.807, 2.05) is 0 Å². The van der Waals surface area contributed by atoms with Crippen LogP contribution >= 0.6 is 0 Å². The molecule has 0 saturated heterocycles. The second-order valence-corrected chi connectivity index (χ2v) is 7.18. The van der Waals surface area contributed by atoms with Gasteiger partial charge in [0.1, 0.15) is 28.2 Å². The molecule has 1 unspecified atom stereocenters. The van der Waals surface area contributed by atoms with Crippen LogP contribution in [-0.4, -0.2) is 36.9 Å². The number of hydrogen-bond acceptors (Lipinski definition) is 4. The van der Waals surface area contributed by atoms with E-state index in [1.165, 1.54) is 25.3 Å². The van der Waals surface area contributed by atoms with E-state index in [4.69, 9.17) is 4.74 Å². The van der Waals surface area contributed by atoms with Crippen molar-refractivity contribution in [2.24, 2.45) is 0 Å². The first-order valence-electron chi connectivity index (χ1n) is 7.47. The van der Waals surface area contributed by atoms with Crippen LogP contribution in [0.2, 0.25) is 0 Å². The van der Waals surface area contributed by atoms with E-state index in [9.17, 15) is 17.9 Å². The third-order valence-electron chi connectivity index (χ3n) is 3.37. The minimum absolute atomic E-state index is 0.0992. The molecule has 2 aromatic rings. The molecule has 2 rings (SSSR count). The first-order chi connectivity index (χ1) is 11.8. The summed E-state index contributed by atoms with van der Waals surface area (Å²) in [6.07, 6.45) is 1.05. The number of sulfonamides is 1. The maximum absolute atomic E-state index is 13.5. The molecule has 8 heteroatoms. The fourth-order valence-electron chi connectivity index (χ4n) is 2.25. The summed E-state index contributed by atoms with van der Waals surface area (Å²) >= 11 is 0. The second kappa shape index (κ2) is 8.19. The van der Waals surface area contributed by atoms with Crippen molar-refractivity contribution < 1.29 is 22.7 Å². The summed E-state index contributed by atoms with van der Waals surface area (Å²) in [6, 6.07) is 10.8. The smallest absolute Gasteiger partial charge is 0.251 e. The third kappa shape index (κ3) is 5.63. The lowest BCUT2D eigenvalue weighted by molar-refractivity contribution is 0.0954. The van der Waals surface area contributed by atoms with Crippen LogP contribution < -0.4 is 14.8 Å². The molecule has 0 spiro atoms. The normalized spacial score (nSPS) is 13.1. The standard InChI is InChI=1S/C17H19FN2O4S/c1-24-16-7-6-14(18)11-15(16)12-4-3-5-13(10-12)17(21)19-8-9-20-25(2,22)23/h3-7,10-11H,8-9H2,1-2H3,(H2-,19,20,21,22,23). The Balaban J connectivity index is 2.12. The van der Waals surface area contributed by atoms with Crippen molar-refractivity contribution in [1.82, 2.24) is 10.0 Å². The van der Waals surface area contributed by atoms with Gasteiger partial charge in [0, 0.05) is 17.7 Å². The van der Waals surface area contributed by atoms with Gasteiger partial charge in [0.2, 0.25) is 0 Å². The highest BCUT2D eigenvalue weighted by Gasteiger charge is 2.11. The van der Waals surface area contributed by atoms with Crippen molar-refractivity contribution in [2.45, 2.75) is 0 Å². The molecule has 0 bridgehead atoms.